The number of benzene rings is 1. The number of hydrogen-bond donors (Lipinski definition) is 0. The number of allylic oxidation sites excluding steroid dienone is 1. The van der Waals surface area contributed by atoms with Gasteiger partial charge in [-0.3, -0.25) is 4.68 Å². The minimum Gasteiger partial charge on any atom is -0.496 e. The van der Waals surface area contributed by atoms with Crippen LogP contribution in [0.2, 0.25) is 10.0 Å². The van der Waals surface area contributed by atoms with Crippen LogP contribution in [0.25, 0.3) is 11.6 Å². The second kappa shape index (κ2) is 5.15. The van der Waals surface area contributed by atoms with Crippen molar-refractivity contribution in [3.05, 3.63) is 45.2 Å². The number of hydrogen-bond acceptors (Lipinski definition) is 2. The largest absolute Gasteiger partial charge is 0.496 e. The molecule has 0 unspecified atom stereocenters. The molecular weight excluding hydrogens is 295 g/mol. The molecule has 0 aliphatic heterocycles. The first-order chi connectivity index (χ1) is 9.65. The molecule has 0 saturated heterocycles. The molecule has 104 valence electrons. The van der Waals surface area contributed by atoms with Gasteiger partial charge in [0.2, 0.25) is 0 Å². The van der Waals surface area contributed by atoms with Crippen molar-refractivity contribution in [3.63, 3.8) is 0 Å². The molecule has 3 nitrogen and oxygen atoms in total. The molecule has 20 heavy (non-hydrogen) atoms. The van der Waals surface area contributed by atoms with Crippen LogP contribution < -0.4 is 4.74 Å². The number of fused-ring (bicyclic) bond motifs is 1. The lowest BCUT2D eigenvalue weighted by molar-refractivity contribution is 0.413. The summed E-state index contributed by atoms with van der Waals surface area (Å²) < 4.78 is 7.40. The molecule has 2 aromatic rings. The highest BCUT2D eigenvalue weighted by atomic mass is 35.5. The monoisotopic (exact) mass is 308 g/mol. The molecule has 1 aliphatic carbocycles. The van der Waals surface area contributed by atoms with Crippen LogP contribution in [0.3, 0.4) is 0 Å². The third-order valence-corrected chi connectivity index (χ3v) is 4.35. The summed E-state index contributed by atoms with van der Waals surface area (Å²) in [7, 11) is 1.64. The summed E-state index contributed by atoms with van der Waals surface area (Å²) in [6, 6.07) is 3.60. The number of aromatic nitrogens is 2. The Labute approximate surface area is 127 Å². The molecule has 1 aromatic heterocycles. The molecule has 1 aromatic carbocycles. The quantitative estimate of drug-likeness (QED) is 0.844. The van der Waals surface area contributed by atoms with Crippen LogP contribution in [0.1, 0.15) is 23.7 Å². The Balaban J connectivity index is 2.12. The summed E-state index contributed by atoms with van der Waals surface area (Å²) in [6.07, 6.45) is 4.82. The van der Waals surface area contributed by atoms with Crippen LogP contribution in [0.15, 0.2) is 18.3 Å². The van der Waals surface area contributed by atoms with Crippen LogP contribution in [0, 0.1) is 0 Å². The predicted octanol–water partition coefficient (Wildman–Crippen LogP) is 4.32. The number of methoxy groups -OCH3 is 1. The molecule has 5 heteroatoms. The van der Waals surface area contributed by atoms with E-state index in [4.69, 9.17) is 27.9 Å². The average molecular weight is 309 g/mol. The summed E-state index contributed by atoms with van der Waals surface area (Å²) in [6.45, 7) is 2.92. The maximum absolute atomic E-state index is 6.37. The number of ether oxygens (including phenoxy) is 1. The highest BCUT2D eigenvalue weighted by Crippen LogP contribution is 2.42. The topological polar surface area (TPSA) is 27.1 Å². The van der Waals surface area contributed by atoms with Crippen molar-refractivity contribution in [1.82, 2.24) is 9.78 Å². The minimum atomic E-state index is 0.538. The van der Waals surface area contributed by atoms with Crippen LogP contribution >= 0.6 is 23.2 Å². The van der Waals surface area contributed by atoms with Gasteiger partial charge in [0.1, 0.15) is 5.75 Å². The van der Waals surface area contributed by atoms with E-state index in [9.17, 15) is 0 Å². The van der Waals surface area contributed by atoms with Gasteiger partial charge in [-0.1, -0.05) is 23.2 Å². The van der Waals surface area contributed by atoms with E-state index < -0.39 is 0 Å². The SMILES string of the molecule is CCn1ncc2c1C=C(c1c(OC)ccc(Cl)c1Cl)C2. The first kappa shape index (κ1) is 13.5. The van der Waals surface area contributed by atoms with Gasteiger partial charge in [-0.15, -0.1) is 0 Å². The molecule has 0 atom stereocenters. The van der Waals surface area contributed by atoms with Gasteiger partial charge in [0.15, 0.2) is 0 Å². The van der Waals surface area contributed by atoms with E-state index in [1.54, 1.807) is 13.2 Å². The zero-order valence-electron chi connectivity index (χ0n) is 11.3. The lowest BCUT2D eigenvalue weighted by atomic mass is 10.0. The molecule has 0 amide bonds. The third kappa shape index (κ3) is 2.02. The first-order valence-electron chi connectivity index (χ1n) is 6.43. The Morgan fingerprint density at radius 2 is 2.15 bits per heavy atom. The van der Waals surface area contributed by atoms with E-state index in [-0.39, 0.29) is 0 Å². The summed E-state index contributed by atoms with van der Waals surface area (Å²) in [5.41, 5.74) is 4.34. The van der Waals surface area contributed by atoms with Gasteiger partial charge in [0.25, 0.3) is 0 Å². The first-order valence-corrected chi connectivity index (χ1v) is 7.19. The molecular formula is C15H14Cl2N2O. The molecule has 1 heterocycles. The zero-order chi connectivity index (χ0) is 14.3. The standard InChI is InChI=1S/C15H14Cl2N2O/c1-3-19-12-7-9(6-10(12)8-18-19)14-13(20-2)5-4-11(16)15(14)17/h4-5,7-8H,3,6H2,1-2H3. The van der Waals surface area contributed by atoms with Crippen molar-refractivity contribution in [1.29, 1.82) is 0 Å². The average Bonchev–Trinajstić information content (AvgIpc) is 3.01. The van der Waals surface area contributed by atoms with Crippen LogP contribution in [-0.2, 0) is 13.0 Å². The molecule has 0 saturated carbocycles. The fraction of sp³-hybridized carbons (Fsp3) is 0.267. The summed E-state index contributed by atoms with van der Waals surface area (Å²) in [4.78, 5) is 0. The predicted molar refractivity (Wildman–Crippen MR) is 82.5 cm³/mol. The Morgan fingerprint density at radius 1 is 1.35 bits per heavy atom. The van der Waals surface area contributed by atoms with Gasteiger partial charge in [0.05, 0.1) is 29.0 Å². The fourth-order valence-corrected chi connectivity index (χ4v) is 3.01. The van der Waals surface area contributed by atoms with E-state index in [1.807, 2.05) is 16.9 Å². The second-order valence-electron chi connectivity index (χ2n) is 4.66. The Kier molecular flexibility index (Phi) is 3.48. The van der Waals surface area contributed by atoms with Crippen molar-refractivity contribution in [3.8, 4) is 5.75 Å². The van der Waals surface area contributed by atoms with E-state index in [1.165, 1.54) is 5.56 Å². The molecule has 0 bridgehead atoms. The van der Waals surface area contributed by atoms with E-state index in [0.717, 1.165) is 35.5 Å². The van der Waals surface area contributed by atoms with Crippen molar-refractivity contribution >= 4 is 34.9 Å². The van der Waals surface area contributed by atoms with Gasteiger partial charge < -0.3 is 4.74 Å². The maximum atomic E-state index is 6.37. The number of nitrogens with zero attached hydrogens (tertiary/aromatic N) is 2. The molecule has 1 aliphatic rings. The summed E-state index contributed by atoms with van der Waals surface area (Å²) >= 11 is 12.5. The third-order valence-electron chi connectivity index (χ3n) is 3.55. The lowest BCUT2D eigenvalue weighted by Crippen LogP contribution is -1.98. The van der Waals surface area contributed by atoms with Crippen molar-refractivity contribution in [2.75, 3.05) is 7.11 Å². The number of halogens is 2. The van der Waals surface area contributed by atoms with E-state index >= 15 is 0 Å². The van der Waals surface area contributed by atoms with Gasteiger partial charge in [0, 0.05) is 24.1 Å². The highest BCUT2D eigenvalue weighted by molar-refractivity contribution is 6.43. The van der Waals surface area contributed by atoms with Crippen molar-refractivity contribution in [2.45, 2.75) is 19.9 Å². The van der Waals surface area contributed by atoms with E-state index in [2.05, 4.69) is 18.1 Å². The van der Waals surface area contributed by atoms with Gasteiger partial charge in [-0.05, 0) is 30.7 Å². The zero-order valence-corrected chi connectivity index (χ0v) is 12.8. The lowest BCUT2D eigenvalue weighted by Gasteiger charge is -2.12. The van der Waals surface area contributed by atoms with Crippen molar-refractivity contribution in [2.24, 2.45) is 0 Å². The van der Waals surface area contributed by atoms with E-state index in [0.29, 0.717) is 10.0 Å². The van der Waals surface area contributed by atoms with Gasteiger partial charge in [-0.2, -0.15) is 5.10 Å². The normalized spacial score (nSPS) is 13.3. The second-order valence-corrected chi connectivity index (χ2v) is 5.44. The minimum absolute atomic E-state index is 0.538. The summed E-state index contributed by atoms with van der Waals surface area (Å²) in [5, 5.41) is 5.43. The molecule has 0 fully saturated rings. The summed E-state index contributed by atoms with van der Waals surface area (Å²) in [5.74, 6) is 0.742. The van der Waals surface area contributed by atoms with Crippen LogP contribution in [0.4, 0.5) is 0 Å². The number of rotatable bonds is 3. The van der Waals surface area contributed by atoms with Gasteiger partial charge >= 0.3 is 0 Å². The molecule has 0 radical (unpaired) electrons. The van der Waals surface area contributed by atoms with Crippen LogP contribution in [0.5, 0.6) is 5.75 Å². The molecule has 0 N–H and O–H groups in total. The molecule has 0 spiro atoms. The fourth-order valence-electron chi connectivity index (χ4n) is 2.57. The smallest absolute Gasteiger partial charge is 0.127 e. The van der Waals surface area contributed by atoms with Gasteiger partial charge in [-0.25, -0.2) is 0 Å². The van der Waals surface area contributed by atoms with Crippen molar-refractivity contribution < 1.29 is 4.74 Å². The maximum Gasteiger partial charge on any atom is 0.127 e. The Bertz CT molecular complexity index is 704. The molecule has 3 rings (SSSR count). The Hall–Kier alpha value is -1.45. The van der Waals surface area contributed by atoms with Crippen LogP contribution in [-0.4, -0.2) is 16.9 Å². The highest BCUT2D eigenvalue weighted by Gasteiger charge is 2.23. The Morgan fingerprint density at radius 3 is 2.85 bits per heavy atom. The number of aryl methyl sites for hydroxylation is 1.